The van der Waals surface area contributed by atoms with E-state index in [1.165, 1.54) is 0 Å². The van der Waals surface area contributed by atoms with E-state index in [1.54, 1.807) is 17.0 Å². The Morgan fingerprint density at radius 1 is 0.839 bits per heavy atom. The zero-order chi connectivity index (χ0) is 22.0. The number of benzene rings is 3. The second kappa shape index (κ2) is 8.60. The minimum Gasteiger partial charge on any atom is -0.507 e. The molecule has 1 saturated heterocycles. The van der Waals surface area contributed by atoms with Crippen molar-refractivity contribution in [3.8, 4) is 0 Å². The monoisotopic (exact) mass is 411 g/mol. The van der Waals surface area contributed by atoms with Gasteiger partial charge in [-0.05, 0) is 31.4 Å². The van der Waals surface area contributed by atoms with Crippen molar-refractivity contribution in [3.63, 3.8) is 0 Å². The second-order valence-electron chi connectivity index (χ2n) is 8.00. The molecule has 1 heterocycles. The Morgan fingerprint density at radius 3 is 2.03 bits per heavy atom. The first-order chi connectivity index (χ1) is 15.0. The summed E-state index contributed by atoms with van der Waals surface area (Å²) in [6, 6.07) is 24.3. The summed E-state index contributed by atoms with van der Waals surface area (Å²) in [4.78, 5) is 27.6. The van der Waals surface area contributed by atoms with E-state index in [2.05, 4.69) is 0 Å². The number of amides is 1. The van der Waals surface area contributed by atoms with Crippen LogP contribution in [0.25, 0.3) is 5.76 Å². The molecule has 4 nitrogen and oxygen atoms in total. The Hall–Kier alpha value is -3.66. The predicted octanol–water partition coefficient (Wildman–Crippen LogP) is 4.97. The number of nitrogens with zero attached hydrogens (tertiary/aromatic N) is 1. The first-order valence-corrected chi connectivity index (χ1v) is 10.4. The molecule has 1 aliphatic heterocycles. The molecule has 156 valence electrons. The zero-order valence-electron chi connectivity index (χ0n) is 17.7. The topological polar surface area (TPSA) is 57.6 Å². The molecule has 1 amide bonds. The zero-order valence-corrected chi connectivity index (χ0v) is 17.7. The Morgan fingerprint density at radius 2 is 1.42 bits per heavy atom. The van der Waals surface area contributed by atoms with Gasteiger partial charge in [0.05, 0.1) is 11.6 Å². The first kappa shape index (κ1) is 20.6. The molecule has 4 heteroatoms. The minimum atomic E-state index is -0.642. The van der Waals surface area contributed by atoms with Crippen LogP contribution in [0.15, 0.2) is 84.4 Å². The lowest BCUT2D eigenvalue weighted by molar-refractivity contribution is -0.139. The number of hydrogen-bond acceptors (Lipinski definition) is 3. The van der Waals surface area contributed by atoms with Crippen LogP contribution in [0.4, 0.5) is 0 Å². The van der Waals surface area contributed by atoms with E-state index in [0.29, 0.717) is 18.5 Å². The third-order valence-corrected chi connectivity index (χ3v) is 5.74. The maximum Gasteiger partial charge on any atom is 0.295 e. The van der Waals surface area contributed by atoms with Gasteiger partial charge in [-0.2, -0.15) is 0 Å². The lowest BCUT2D eigenvalue weighted by atomic mass is 9.94. The normalized spacial score (nSPS) is 17.9. The molecular weight excluding hydrogens is 386 g/mol. The molecular formula is C27H25NO3. The summed E-state index contributed by atoms with van der Waals surface area (Å²) < 4.78 is 0. The molecule has 0 aromatic heterocycles. The van der Waals surface area contributed by atoms with Crippen molar-refractivity contribution < 1.29 is 14.7 Å². The van der Waals surface area contributed by atoms with E-state index in [-0.39, 0.29) is 11.3 Å². The third-order valence-electron chi connectivity index (χ3n) is 5.74. The summed E-state index contributed by atoms with van der Waals surface area (Å²) in [5.74, 6) is -1.35. The highest BCUT2D eigenvalue weighted by Crippen LogP contribution is 2.39. The van der Waals surface area contributed by atoms with E-state index in [4.69, 9.17) is 0 Å². The number of aliphatic hydroxyl groups excluding tert-OH is 1. The highest BCUT2D eigenvalue weighted by atomic mass is 16.3. The summed E-state index contributed by atoms with van der Waals surface area (Å²) in [6.07, 6.45) is 0.626. The van der Waals surface area contributed by atoms with Gasteiger partial charge in [0, 0.05) is 12.1 Å². The molecule has 0 spiro atoms. The number of aliphatic hydroxyl groups is 1. The van der Waals surface area contributed by atoms with Crippen molar-refractivity contribution in [3.05, 3.63) is 112 Å². The van der Waals surface area contributed by atoms with Crippen LogP contribution in [-0.2, 0) is 16.0 Å². The first-order valence-electron chi connectivity index (χ1n) is 10.4. The molecule has 3 aromatic rings. The van der Waals surface area contributed by atoms with Crippen LogP contribution in [-0.4, -0.2) is 28.2 Å². The molecule has 3 aromatic carbocycles. The lowest BCUT2D eigenvalue weighted by Gasteiger charge is -2.25. The maximum atomic E-state index is 13.1. The van der Waals surface area contributed by atoms with Crippen LogP contribution >= 0.6 is 0 Å². The van der Waals surface area contributed by atoms with E-state index in [9.17, 15) is 14.7 Å². The van der Waals surface area contributed by atoms with Gasteiger partial charge in [0.25, 0.3) is 11.7 Å². The molecule has 1 aliphatic rings. The van der Waals surface area contributed by atoms with Crippen LogP contribution in [0, 0.1) is 13.8 Å². The molecule has 0 bridgehead atoms. The molecule has 1 atom stereocenters. The van der Waals surface area contributed by atoms with E-state index >= 15 is 0 Å². The maximum absolute atomic E-state index is 13.1. The Bertz CT molecular complexity index is 1130. The van der Waals surface area contributed by atoms with Crippen molar-refractivity contribution in [2.24, 2.45) is 0 Å². The number of carbonyl (C=O) groups is 2. The van der Waals surface area contributed by atoms with Crippen molar-refractivity contribution in [2.75, 3.05) is 6.54 Å². The molecule has 0 saturated carbocycles. The highest BCUT2D eigenvalue weighted by molar-refractivity contribution is 6.46. The number of hydrogen-bond donors (Lipinski definition) is 1. The largest absolute Gasteiger partial charge is 0.507 e. The molecule has 1 fully saturated rings. The van der Waals surface area contributed by atoms with E-state index in [1.807, 2.05) is 80.6 Å². The van der Waals surface area contributed by atoms with Crippen LogP contribution in [0.2, 0.25) is 0 Å². The van der Waals surface area contributed by atoms with Crippen molar-refractivity contribution in [1.82, 2.24) is 4.90 Å². The van der Waals surface area contributed by atoms with Gasteiger partial charge in [0.1, 0.15) is 5.76 Å². The van der Waals surface area contributed by atoms with E-state index < -0.39 is 17.7 Å². The van der Waals surface area contributed by atoms with Crippen LogP contribution < -0.4 is 0 Å². The number of Topliss-reactive ketones (excluding diaryl/α,β-unsaturated/α-hetero) is 1. The smallest absolute Gasteiger partial charge is 0.295 e. The van der Waals surface area contributed by atoms with Gasteiger partial charge in [0.2, 0.25) is 0 Å². The average Bonchev–Trinajstić information content (AvgIpc) is 3.04. The van der Waals surface area contributed by atoms with Gasteiger partial charge in [-0.25, -0.2) is 0 Å². The quantitative estimate of drug-likeness (QED) is 0.366. The van der Waals surface area contributed by atoms with Crippen molar-refractivity contribution in [1.29, 1.82) is 0 Å². The summed E-state index contributed by atoms with van der Waals surface area (Å²) in [5.41, 5.74) is 4.71. The van der Waals surface area contributed by atoms with Gasteiger partial charge in [-0.3, -0.25) is 9.59 Å². The number of carbonyl (C=O) groups excluding carboxylic acids is 2. The summed E-state index contributed by atoms with van der Waals surface area (Å²) in [5, 5.41) is 11.1. The standard InChI is InChI=1S/C27H25NO3/c1-18-8-12-21(13-9-18)24-23(25(29)22-14-10-19(2)11-15-22)26(30)27(31)28(24)17-16-20-6-4-3-5-7-20/h3-15,24,29H,16-17H2,1-2H3. The van der Waals surface area contributed by atoms with E-state index in [0.717, 1.165) is 22.3 Å². The van der Waals surface area contributed by atoms with Gasteiger partial charge < -0.3 is 10.0 Å². The van der Waals surface area contributed by atoms with Crippen molar-refractivity contribution in [2.45, 2.75) is 26.3 Å². The van der Waals surface area contributed by atoms with Gasteiger partial charge in [-0.1, -0.05) is 90.0 Å². The molecule has 4 rings (SSSR count). The molecule has 1 N–H and O–H groups in total. The van der Waals surface area contributed by atoms with Crippen molar-refractivity contribution >= 4 is 17.4 Å². The number of aryl methyl sites for hydroxylation is 2. The van der Waals surface area contributed by atoms with Gasteiger partial charge in [0.15, 0.2) is 0 Å². The van der Waals surface area contributed by atoms with Crippen LogP contribution in [0.3, 0.4) is 0 Å². The average molecular weight is 412 g/mol. The highest BCUT2D eigenvalue weighted by Gasteiger charge is 2.45. The Labute approximate surface area is 182 Å². The summed E-state index contributed by atoms with van der Waals surface area (Å²) in [6.45, 7) is 4.33. The van der Waals surface area contributed by atoms with Gasteiger partial charge >= 0.3 is 0 Å². The lowest BCUT2D eigenvalue weighted by Crippen LogP contribution is -2.31. The number of rotatable bonds is 5. The molecule has 0 aliphatic carbocycles. The fourth-order valence-electron chi connectivity index (χ4n) is 3.97. The second-order valence-corrected chi connectivity index (χ2v) is 8.00. The molecule has 1 unspecified atom stereocenters. The predicted molar refractivity (Wildman–Crippen MR) is 122 cm³/mol. The Kier molecular flexibility index (Phi) is 5.72. The summed E-state index contributed by atoms with van der Waals surface area (Å²) in [7, 11) is 0. The fourth-order valence-corrected chi connectivity index (χ4v) is 3.97. The molecule has 0 radical (unpaired) electrons. The number of ketones is 1. The summed E-state index contributed by atoms with van der Waals surface area (Å²) >= 11 is 0. The molecule has 31 heavy (non-hydrogen) atoms. The third kappa shape index (κ3) is 4.15. The van der Waals surface area contributed by atoms with Crippen LogP contribution in [0.5, 0.6) is 0 Å². The SMILES string of the molecule is Cc1ccc(C(O)=C2C(=O)C(=O)N(CCc3ccccc3)C2c2ccc(C)cc2)cc1. The fraction of sp³-hybridized carbons (Fsp3) is 0.185. The minimum absolute atomic E-state index is 0.133. The number of likely N-dealkylation sites (tertiary alicyclic amines) is 1. The Balaban J connectivity index is 1.78. The van der Waals surface area contributed by atoms with Gasteiger partial charge in [-0.15, -0.1) is 0 Å². The van der Waals surface area contributed by atoms with Crippen LogP contribution in [0.1, 0.15) is 33.9 Å².